The number of carbonyl (C=O) groups excluding carboxylic acids is 1. The van der Waals surface area contributed by atoms with Crippen LogP contribution in [0.3, 0.4) is 0 Å². The summed E-state index contributed by atoms with van der Waals surface area (Å²) in [4.78, 5) is 14.0. The molecule has 1 saturated carbocycles. The third-order valence-corrected chi connectivity index (χ3v) is 3.88. The Bertz CT molecular complexity index is 605. The maximum Gasteiger partial charge on any atom is 0.230 e. The predicted octanol–water partition coefficient (Wildman–Crippen LogP) is 3.46. The van der Waals surface area contributed by atoms with Gasteiger partial charge in [0.1, 0.15) is 0 Å². The van der Waals surface area contributed by atoms with E-state index in [1.165, 1.54) is 10.8 Å². The van der Waals surface area contributed by atoms with Gasteiger partial charge in [0.25, 0.3) is 0 Å². The first-order valence-electron chi connectivity index (χ1n) is 6.43. The maximum atomic E-state index is 12.2. The molecule has 0 N–H and O–H groups in total. The summed E-state index contributed by atoms with van der Waals surface area (Å²) in [6.45, 7) is 2.14. The van der Waals surface area contributed by atoms with Crippen molar-refractivity contribution in [1.82, 2.24) is 0 Å². The van der Waals surface area contributed by atoms with E-state index in [-0.39, 0.29) is 11.8 Å². The lowest BCUT2D eigenvalue weighted by atomic mass is 10.1. The van der Waals surface area contributed by atoms with Crippen molar-refractivity contribution in [3.05, 3.63) is 42.5 Å². The highest BCUT2D eigenvalue weighted by atomic mass is 16.2. The monoisotopic (exact) mass is 239 g/mol. The molecule has 2 unspecified atom stereocenters. The summed E-state index contributed by atoms with van der Waals surface area (Å²) in [6, 6.07) is 14.4. The molecule has 2 aromatic carbocycles. The van der Waals surface area contributed by atoms with Gasteiger partial charge in [0, 0.05) is 18.7 Å². The molecule has 1 amide bonds. The Morgan fingerprint density at radius 2 is 1.83 bits per heavy atom. The summed E-state index contributed by atoms with van der Waals surface area (Å²) in [6.07, 6.45) is 1.04. The number of nitrogens with zero attached hydrogens (tertiary/aromatic N) is 1. The average Bonchev–Trinajstić information content (AvgIpc) is 3.13. The molecule has 1 aliphatic rings. The van der Waals surface area contributed by atoms with Crippen molar-refractivity contribution in [3.8, 4) is 0 Å². The van der Waals surface area contributed by atoms with Gasteiger partial charge in [0.05, 0.1) is 0 Å². The zero-order valence-electron chi connectivity index (χ0n) is 10.8. The van der Waals surface area contributed by atoms with Crippen LogP contribution < -0.4 is 4.90 Å². The number of hydrogen-bond donors (Lipinski definition) is 0. The first-order valence-corrected chi connectivity index (χ1v) is 6.43. The van der Waals surface area contributed by atoms with Gasteiger partial charge in [-0.15, -0.1) is 0 Å². The first-order chi connectivity index (χ1) is 8.66. The van der Waals surface area contributed by atoms with Gasteiger partial charge in [-0.25, -0.2) is 0 Å². The van der Waals surface area contributed by atoms with E-state index >= 15 is 0 Å². The summed E-state index contributed by atoms with van der Waals surface area (Å²) in [5.41, 5.74) is 0.984. The highest BCUT2D eigenvalue weighted by Gasteiger charge is 2.40. The molecular formula is C16H17NO. The molecule has 2 aromatic rings. The lowest BCUT2D eigenvalue weighted by Gasteiger charge is -2.18. The Morgan fingerprint density at radius 3 is 2.50 bits per heavy atom. The molecule has 0 heterocycles. The van der Waals surface area contributed by atoms with E-state index in [1.54, 1.807) is 4.90 Å². The smallest absolute Gasteiger partial charge is 0.230 e. The summed E-state index contributed by atoms with van der Waals surface area (Å²) in [5, 5.41) is 2.39. The molecule has 0 saturated heterocycles. The Labute approximate surface area is 107 Å². The Hall–Kier alpha value is -1.83. The SMILES string of the molecule is CC1CC1C(=O)N(C)c1ccc2ccccc2c1. The molecule has 18 heavy (non-hydrogen) atoms. The second-order valence-electron chi connectivity index (χ2n) is 5.25. The predicted molar refractivity (Wildman–Crippen MR) is 74.6 cm³/mol. The second-order valence-corrected chi connectivity index (χ2v) is 5.25. The van der Waals surface area contributed by atoms with Crippen LogP contribution in [-0.4, -0.2) is 13.0 Å². The van der Waals surface area contributed by atoms with Gasteiger partial charge < -0.3 is 4.90 Å². The third-order valence-electron chi connectivity index (χ3n) is 3.88. The molecule has 92 valence electrons. The average molecular weight is 239 g/mol. The minimum absolute atomic E-state index is 0.237. The summed E-state index contributed by atoms with van der Waals surface area (Å²) < 4.78 is 0. The molecule has 0 radical (unpaired) electrons. The second kappa shape index (κ2) is 4.13. The van der Waals surface area contributed by atoms with E-state index in [9.17, 15) is 4.79 Å². The number of hydrogen-bond acceptors (Lipinski definition) is 1. The zero-order valence-corrected chi connectivity index (χ0v) is 10.8. The highest BCUT2D eigenvalue weighted by Crippen LogP contribution is 2.39. The minimum Gasteiger partial charge on any atom is -0.315 e. The lowest BCUT2D eigenvalue weighted by molar-refractivity contribution is -0.119. The third kappa shape index (κ3) is 1.88. The summed E-state index contributed by atoms with van der Waals surface area (Å²) in [7, 11) is 1.87. The maximum absolute atomic E-state index is 12.2. The number of rotatable bonds is 2. The number of anilines is 1. The van der Waals surface area contributed by atoms with Crippen LogP contribution in [0.5, 0.6) is 0 Å². The van der Waals surface area contributed by atoms with E-state index in [1.807, 2.05) is 25.2 Å². The van der Waals surface area contributed by atoms with E-state index in [2.05, 4.69) is 31.2 Å². The number of fused-ring (bicyclic) bond motifs is 1. The molecule has 0 spiro atoms. The van der Waals surface area contributed by atoms with Gasteiger partial charge >= 0.3 is 0 Å². The van der Waals surface area contributed by atoms with Crippen LogP contribution in [0.4, 0.5) is 5.69 Å². The Balaban J connectivity index is 1.91. The quantitative estimate of drug-likeness (QED) is 0.786. The van der Waals surface area contributed by atoms with E-state index in [4.69, 9.17) is 0 Å². The highest BCUT2D eigenvalue weighted by molar-refractivity contribution is 5.98. The van der Waals surface area contributed by atoms with Crippen LogP contribution in [0.1, 0.15) is 13.3 Å². The van der Waals surface area contributed by atoms with E-state index < -0.39 is 0 Å². The van der Waals surface area contributed by atoms with Crippen LogP contribution >= 0.6 is 0 Å². The van der Waals surface area contributed by atoms with Crippen molar-refractivity contribution in [2.24, 2.45) is 11.8 Å². The molecule has 0 aliphatic heterocycles. The zero-order chi connectivity index (χ0) is 12.7. The molecule has 0 aromatic heterocycles. The van der Waals surface area contributed by atoms with Crippen molar-refractivity contribution >= 4 is 22.4 Å². The molecule has 2 atom stereocenters. The Morgan fingerprint density at radius 1 is 1.17 bits per heavy atom. The van der Waals surface area contributed by atoms with Gasteiger partial charge in [0.15, 0.2) is 0 Å². The molecule has 3 rings (SSSR count). The fourth-order valence-corrected chi connectivity index (χ4v) is 2.43. The van der Waals surface area contributed by atoms with Crippen molar-refractivity contribution in [3.63, 3.8) is 0 Å². The number of carbonyl (C=O) groups is 1. The normalized spacial score (nSPS) is 21.9. The van der Waals surface area contributed by atoms with Crippen LogP contribution in [0.2, 0.25) is 0 Å². The van der Waals surface area contributed by atoms with Gasteiger partial charge in [-0.3, -0.25) is 4.79 Å². The largest absolute Gasteiger partial charge is 0.315 e. The first kappa shape index (κ1) is 11.3. The fraction of sp³-hybridized carbons (Fsp3) is 0.312. The van der Waals surface area contributed by atoms with Crippen LogP contribution in [-0.2, 0) is 4.79 Å². The van der Waals surface area contributed by atoms with Gasteiger partial charge in [0.2, 0.25) is 5.91 Å². The van der Waals surface area contributed by atoms with Crippen molar-refractivity contribution in [2.75, 3.05) is 11.9 Å². The van der Waals surface area contributed by atoms with Gasteiger partial charge in [-0.05, 0) is 35.2 Å². The molecule has 0 bridgehead atoms. The van der Waals surface area contributed by atoms with Crippen LogP contribution in [0.25, 0.3) is 10.8 Å². The number of benzene rings is 2. The lowest BCUT2D eigenvalue weighted by Crippen LogP contribution is -2.28. The number of amides is 1. The molecule has 2 heteroatoms. The topological polar surface area (TPSA) is 20.3 Å². The minimum atomic E-state index is 0.237. The van der Waals surface area contributed by atoms with Crippen LogP contribution in [0, 0.1) is 11.8 Å². The molecule has 2 nitrogen and oxygen atoms in total. The van der Waals surface area contributed by atoms with Crippen molar-refractivity contribution in [2.45, 2.75) is 13.3 Å². The summed E-state index contributed by atoms with van der Waals surface area (Å²) in [5.74, 6) is 1.04. The fourth-order valence-electron chi connectivity index (χ4n) is 2.43. The van der Waals surface area contributed by atoms with Crippen LogP contribution in [0.15, 0.2) is 42.5 Å². The van der Waals surface area contributed by atoms with Crippen molar-refractivity contribution in [1.29, 1.82) is 0 Å². The Kier molecular flexibility index (Phi) is 2.58. The van der Waals surface area contributed by atoms with Crippen molar-refractivity contribution < 1.29 is 4.79 Å². The van der Waals surface area contributed by atoms with E-state index in [0.717, 1.165) is 12.1 Å². The molecular weight excluding hydrogens is 222 g/mol. The van der Waals surface area contributed by atoms with E-state index in [0.29, 0.717) is 5.92 Å². The van der Waals surface area contributed by atoms with Gasteiger partial charge in [-0.1, -0.05) is 37.3 Å². The molecule has 1 aliphatic carbocycles. The summed E-state index contributed by atoms with van der Waals surface area (Å²) >= 11 is 0. The standard InChI is InChI=1S/C16H17NO/c1-11-9-15(11)16(18)17(2)14-8-7-12-5-3-4-6-13(12)10-14/h3-8,10-11,15H,9H2,1-2H3. The molecule has 1 fully saturated rings. The van der Waals surface area contributed by atoms with Gasteiger partial charge in [-0.2, -0.15) is 0 Å².